The van der Waals surface area contributed by atoms with Crippen LogP contribution in [0.5, 0.6) is 0 Å². The van der Waals surface area contributed by atoms with Gasteiger partial charge < -0.3 is 0 Å². The Bertz CT molecular complexity index is 266. The van der Waals surface area contributed by atoms with Crippen molar-refractivity contribution >= 4 is 11.3 Å². The Labute approximate surface area is 82.8 Å². The monoisotopic (exact) mass is 197 g/mol. The molecule has 1 aromatic rings. The van der Waals surface area contributed by atoms with Gasteiger partial charge in [-0.05, 0) is 32.9 Å². The summed E-state index contributed by atoms with van der Waals surface area (Å²) >= 11 is 1.72. The van der Waals surface area contributed by atoms with Crippen LogP contribution in [0, 0.1) is 6.92 Å². The maximum atomic E-state index is 4.14. The van der Waals surface area contributed by atoms with E-state index in [9.17, 15) is 0 Å². The van der Waals surface area contributed by atoms with Gasteiger partial charge in [0.2, 0.25) is 0 Å². The van der Waals surface area contributed by atoms with Crippen molar-refractivity contribution in [2.45, 2.75) is 32.7 Å². The summed E-state index contributed by atoms with van der Waals surface area (Å²) in [7, 11) is 0. The highest BCUT2D eigenvalue weighted by Crippen LogP contribution is 2.15. The lowest BCUT2D eigenvalue weighted by molar-refractivity contribution is 0.220. The van der Waals surface area contributed by atoms with Gasteiger partial charge in [0, 0.05) is 0 Å². The maximum absolute atomic E-state index is 4.14. The molecule has 0 amide bonds. The van der Waals surface area contributed by atoms with Crippen LogP contribution >= 0.6 is 11.3 Å². The van der Waals surface area contributed by atoms with Gasteiger partial charge in [0.15, 0.2) is 0 Å². The predicted molar refractivity (Wildman–Crippen MR) is 53.8 cm³/mol. The fourth-order valence-corrected chi connectivity index (χ4v) is 2.46. The van der Waals surface area contributed by atoms with Gasteiger partial charge in [0.25, 0.3) is 0 Å². The second-order valence-corrected chi connectivity index (χ2v) is 4.82. The minimum Gasteiger partial charge on any atom is -0.297 e. The highest BCUT2D eigenvalue weighted by Gasteiger charge is 2.12. The third kappa shape index (κ3) is 2.48. The quantitative estimate of drug-likeness (QED) is 0.724. The van der Waals surface area contributed by atoms with E-state index in [1.165, 1.54) is 37.4 Å². The smallest absolute Gasteiger partial charge is 0.131 e. The first-order valence-corrected chi connectivity index (χ1v) is 5.67. The number of hydrogen-bond donors (Lipinski definition) is 0. The lowest BCUT2D eigenvalue weighted by atomic mass is 10.1. The summed E-state index contributed by atoms with van der Waals surface area (Å²) in [5.41, 5.74) is 0. The summed E-state index contributed by atoms with van der Waals surface area (Å²) < 4.78 is 0. The van der Waals surface area contributed by atoms with Gasteiger partial charge in [0.1, 0.15) is 10.0 Å². The number of nitrogens with zero attached hydrogens (tertiary/aromatic N) is 3. The third-order valence-corrected chi connectivity index (χ3v) is 3.20. The molecule has 0 spiro atoms. The van der Waals surface area contributed by atoms with Gasteiger partial charge in [0.05, 0.1) is 6.54 Å². The molecule has 1 saturated heterocycles. The van der Waals surface area contributed by atoms with Crippen molar-refractivity contribution in [3.63, 3.8) is 0 Å². The van der Waals surface area contributed by atoms with E-state index < -0.39 is 0 Å². The highest BCUT2D eigenvalue weighted by molar-refractivity contribution is 7.11. The Morgan fingerprint density at radius 3 is 2.62 bits per heavy atom. The average molecular weight is 197 g/mol. The van der Waals surface area contributed by atoms with E-state index >= 15 is 0 Å². The van der Waals surface area contributed by atoms with Crippen molar-refractivity contribution < 1.29 is 0 Å². The number of aryl methyl sites for hydroxylation is 1. The number of hydrogen-bond acceptors (Lipinski definition) is 4. The summed E-state index contributed by atoms with van der Waals surface area (Å²) in [6.07, 6.45) is 4.08. The number of aromatic nitrogens is 2. The molecule has 1 aromatic heterocycles. The molecule has 1 aliphatic heterocycles. The molecule has 72 valence electrons. The van der Waals surface area contributed by atoms with Crippen molar-refractivity contribution in [3.05, 3.63) is 10.0 Å². The van der Waals surface area contributed by atoms with Crippen LogP contribution in [0.4, 0.5) is 0 Å². The van der Waals surface area contributed by atoms with Gasteiger partial charge >= 0.3 is 0 Å². The molecule has 0 N–H and O–H groups in total. The molecule has 1 fully saturated rings. The largest absolute Gasteiger partial charge is 0.297 e. The average Bonchev–Trinajstić information content (AvgIpc) is 2.53. The normalized spacial score (nSPS) is 19.2. The van der Waals surface area contributed by atoms with Gasteiger partial charge in [-0.25, -0.2) is 0 Å². The molecule has 0 aliphatic carbocycles. The van der Waals surface area contributed by atoms with E-state index in [0.717, 1.165) is 11.6 Å². The summed E-state index contributed by atoms with van der Waals surface area (Å²) in [5, 5.41) is 10.4. The molecule has 0 bridgehead atoms. The van der Waals surface area contributed by atoms with Crippen molar-refractivity contribution in [2.75, 3.05) is 13.1 Å². The number of likely N-dealkylation sites (tertiary alicyclic amines) is 1. The fourth-order valence-electron chi connectivity index (χ4n) is 1.71. The second-order valence-electron chi connectivity index (χ2n) is 3.55. The Morgan fingerprint density at radius 2 is 2.00 bits per heavy atom. The Hall–Kier alpha value is -0.480. The summed E-state index contributed by atoms with van der Waals surface area (Å²) in [6.45, 7) is 5.49. The second kappa shape index (κ2) is 4.15. The number of rotatable bonds is 2. The van der Waals surface area contributed by atoms with E-state index in [-0.39, 0.29) is 0 Å². The van der Waals surface area contributed by atoms with E-state index in [2.05, 4.69) is 15.1 Å². The SMILES string of the molecule is Cc1nnc(CN2CCCCC2)s1. The molecule has 2 rings (SSSR count). The molecule has 0 atom stereocenters. The Balaban J connectivity index is 1.89. The van der Waals surface area contributed by atoms with E-state index in [1.807, 2.05) is 6.92 Å². The van der Waals surface area contributed by atoms with Gasteiger partial charge in [-0.1, -0.05) is 6.42 Å². The molecule has 1 aliphatic rings. The predicted octanol–water partition coefficient (Wildman–Crippen LogP) is 1.83. The molecule has 4 heteroatoms. The minimum absolute atomic E-state index is 1.01. The Kier molecular flexibility index (Phi) is 2.90. The molecular weight excluding hydrogens is 182 g/mol. The number of piperidine rings is 1. The van der Waals surface area contributed by atoms with E-state index in [4.69, 9.17) is 0 Å². The molecule has 13 heavy (non-hydrogen) atoms. The highest BCUT2D eigenvalue weighted by atomic mass is 32.1. The lowest BCUT2D eigenvalue weighted by Crippen LogP contribution is -2.28. The van der Waals surface area contributed by atoms with Crippen LogP contribution in [0.3, 0.4) is 0 Å². The van der Waals surface area contributed by atoms with Crippen LogP contribution in [0.25, 0.3) is 0 Å². The first kappa shape index (κ1) is 9.09. The van der Waals surface area contributed by atoms with Crippen LogP contribution in [-0.2, 0) is 6.54 Å². The van der Waals surface area contributed by atoms with Crippen LogP contribution < -0.4 is 0 Å². The zero-order valence-corrected chi connectivity index (χ0v) is 8.81. The van der Waals surface area contributed by atoms with Crippen LogP contribution in [0.2, 0.25) is 0 Å². The zero-order valence-electron chi connectivity index (χ0n) is 7.99. The van der Waals surface area contributed by atoms with Crippen molar-refractivity contribution in [1.29, 1.82) is 0 Å². The van der Waals surface area contributed by atoms with Crippen LogP contribution in [0.15, 0.2) is 0 Å². The molecule has 0 radical (unpaired) electrons. The third-order valence-electron chi connectivity index (χ3n) is 2.38. The van der Waals surface area contributed by atoms with Gasteiger partial charge in [-0.3, -0.25) is 4.90 Å². The molecule has 0 aromatic carbocycles. The summed E-state index contributed by atoms with van der Waals surface area (Å²) in [5.74, 6) is 0. The van der Waals surface area contributed by atoms with E-state index in [1.54, 1.807) is 11.3 Å². The standard InChI is InChI=1S/C9H15N3S/c1-8-10-11-9(13-8)7-12-5-3-2-4-6-12/h2-7H2,1H3. The minimum atomic E-state index is 1.01. The van der Waals surface area contributed by atoms with Crippen molar-refractivity contribution in [3.8, 4) is 0 Å². The first-order valence-electron chi connectivity index (χ1n) is 4.86. The molecular formula is C9H15N3S. The lowest BCUT2D eigenvalue weighted by Gasteiger charge is -2.24. The van der Waals surface area contributed by atoms with Gasteiger partial charge in [-0.2, -0.15) is 0 Å². The van der Waals surface area contributed by atoms with E-state index in [0.29, 0.717) is 0 Å². The Morgan fingerprint density at radius 1 is 1.23 bits per heavy atom. The first-order chi connectivity index (χ1) is 6.34. The zero-order chi connectivity index (χ0) is 9.10. The van der Waals surface area contributed by atoms with Crippen LogP contribution in [-0.4, -0.2) is 28.2 Å². The molecule has 0 saturated carbocycles. The fraction of sp³-hybridized carbons (Fsp3) is 0.778. The summed E-state index contributed by atoms with van der Waals surface area (Å²) in [4.78, 5) is 2.48. The summed E-state index contributed by atoms with van der Waals surface area (Å²) in [6, 6.07) is 0. The molecule has 2 heterocycles. The molecule has 3 nitrogen and oxygen atoms in total. The van der Waals surface area contributed by atoms with Gasteiger partial charge in [-0.15, -0.1) is 21.5 Å². The van der Waals surface area contributed by atoms with Crippen LogP contribution in [0.1, 0.15) is 29.3 Å². The van der Waals surface area contributed by atoms with Crippen molar-refractivity contribution in [2.24, 2.45) is 0 Å². The molecule has 0 unspecified atom stereocenters. The maximum Gasteiger partial charge on any atom is 0.131 e. The topological polar surface area (TPSA) is 29.0 Å². The van der Waals surface area contributed by atoms with Crippen molar-refractivity contribution in [1.82, 2.24) is 15.1 Å².